The summed E-state index contributed by atoms with van der Waals surface area (Å²) in [6, 6.07) is 0. The molecule has 0 saturated carbocycles. The van der Waals surface area contributed by atoms with E-state index in [0.717, 1.165) is 18.9 Å². The molecule has 86 valence electrons. The predicted molar refractivity (Wildman–Crippen MR) is 63.9 cm³/mol. The first kappa shape index (κ1) is 12.2. The lowest BCUT2D eigenvalue weighted by Crippen LogP contribution is -2.12. The van der Waals surface area contributed by atoms with Crippen molar-refractivity contribution in [1.29, 1.82) is 0 Å². The van der Waals surface area contributed by atoms with Gasteiger partial charge in [-0.1, -0.05) is 26.2 Å². The van der Waals surface area contributed by atoms with Crippen molar-refractivity contribution in [1.82, 2.24) is 14.9 Å². The lowest BCUT2D eigenvalue weighted by atomic mass is 10.2. The molecule has 3 heteroatoms. The molecule has 0 amide bonds. The highest BCUT2D eigenvalue weighted by atomic mass is 15.1. The Labute approximate surface area is 92.9 Å². The Kier molecular flexibility index (Phi) is 5.40. The minimum atomic E-state index is 0.911. The molecule has 0 bridgehead atoms. The van der Waals surface area contributed by atoms with E-state index in [4.69, 9.17) is 0 Å². The van der Waals surface area contributed by atoms with Crippen molar-refractivity contribution in [3.63, 3.8) is 0 Å². The van der Waals surface area contributed by atoms with Gasteiger partial charge in [-0.3, -0.25) is 0 Å². The Morgan fingerprint density at radius 3 is 2.80 bits per heavy atom. The fourth-order valence-corrected chi connectivity index (χ4v) is 1.84. The van der Waals surface area contributed by atoms with Crippen molar-refractivity contribution in [2.45, 2.75) is 52.6 Å². The standard InChI is InChI=1S/C12H23N3/c1-4-5-6-7-8-15-11(2)14-10-12(15)9-13-3/h10,13H,4-9H2,1-3H3. The maximum atomic E-state index is 4.36. The Morgan fingerprint density at radius 1 is 1.33 bits per heavy atom. The molecule has 0 saturated heterocycles. The third-order valence-corrected chi connectivity index (χ3v) is 2.73. The number of unbranched alkanes of at least 4 members (excludes halogenated alkanes) is 3. The summed E-state index contributed by atoms with van der Waals surface area (Å²) in [4.78, 5) is 4.36. The minimum absolute atomic E-state index is 0.911. The summed E-state index contributed by atoms with van der Waals surface area (Å²) in [6.45, 7) is 6.35. The van der Waals surface area contributed by atoms with Crippen LogP contribution in [0.2, 0.25) is 0 Å². The molecule has 0 atom stereocenters. The van der Waals surface area contributed by atoms with Crippen LogP contribution in [-0.4, -0.2) is 16.6 Å². The summed E-state index contributed by atoms with van der Waals surface area (Å²) in [5, 5.41) is 3.18. The molecule has 1 rings (SSSR count). The first-order valence-corrected chi connectivity index (χ1v) is 5.95. The number of nitrogens with zero attached hydrogens (tertiary/aromatic N) is 2. The van der Waals surface area contributed by atoms with Gasteiger partial charge in [0.25, 0.3) is 0 Å². The van der Waals surface area contributed by atoms with Crippen LogP contribution in [-0.2, 0) is 13.1 Å². The molecule has 0 unspecified atom stereocenters. The van der Waals surface area contributed by atoms with Crippen molar-refractivity contribution < 1.29 is 0 Å². The Morgan fingerprint density at radius 2 is 2.13 bits per heavy atom. The van der Waals surface area contributed by atoms with Gasteiger partial charge in [-0.25, -0.2) is 4.98 Å². The molecule has 0 aliphatic heterocycles. The first-order valence-electron chi connectivity index (χ1n) is 5.95. The van der Waals surface area contributed by atoms with Gasteiger partial charge in [-0.2, -0.15) is 0 Å². The van der Waals surface area contributed by atoms with Crippen LogP contribution in [0, 0.1) is 6.92 Å². The minimum Gasteiger partial charge on any atom is -0.331 e. The van der Waals surface area contributed by atoms with Gasteiger partial charge in [-0.05, 0) is 20.4 Å². The fraction of sp³-hybridized carbons (Fsp3) is 0.750. The maximum Gasteiger partial charge on any atom is 0.105 e. The molecule has 1 aromatic rings. The van der Waals surface area contributed by atoms with E-state index in [1.54, 1.807) is 0 Å². The molecular formula is C12H23N3. The van der Waals surface area contributed by atoms with Gasteiger partial charge in [0.2, 0.25) is 0 Å². The maximum absolute atomic E-state index is 4.36. The van der Waals surface area contributed by atoms with Crippen LogP contribution in [0.5, 0.6) is 0 Å². The highest BCUT2D eigenvalue weighted by Gasteiger charge is 2.04. The Hall–Kier alpha value is -0.830. The van der Waals surface area contributed by atoms with Crippen LogP contribution in [0.25, 0.3) is 0 Å². The van der Waals surface area contributed by atoms with Crippen LogP contribution in [0.3, 0.4) is 0 Å². The van der Waals surface area contributed by atoms with Gasteiger partial charge in [0.1, 0.15) is 5.82 Å². The van der Waals surface area contributed by atoms with Gasteiger partial charge in [0, 0.05) is 19.3 Å². The van der Waals surface area contributed by atoms with Crippen LogP contribution < -0.4 is 5.32 Å². The normalized spacial score (nSPS) is 10.9. The number of aromatic nitrogens is 2. The fourth-order valence-electron chi connectivity index (χ4n) is 1.84. The molecule has 1 N–H and O–H groups in total. The predicted octanol–water partition coefficient (Wildman–Crippen LogP) is 2.49. The van der Waals surface area contributed by atoms with E-state index in [1.165, 1.54) is 31.4 Å². The zero-order valence-corrected chi connectivity index (χ0v) is 10.2. The quantitative estimate of drug-likeness (QED) is 0.699. The second-order valence-corrected chi connectivity index (χ2v) is 4.04. The number of nitrogens with one attached hydrogen (secondary N) is 1. The third-order valence-electron chi connectivity index (χ3n) is 2.73. The summed E-state index contributed by atoms with van der Waals surface area (Å²) in [5.74, 6) is 1.14. The van der Waals surface area contributed by atoms with E-state index < -0.39 is 0 Å². The van der Waals surface area contributed by atoms with E-state index in [0.29, 0.717) is 0 Å². The van der Waals surface area contributed by atoms with Gasteiger partial charge in [0.15, 0.2) is 0 Å². The van der Waals surface area contributed by atoms with Crippen molar-refractivity contribution in [3.05, 3.63) is 17.7 Å². The smallest absolute Gasteiger partial charge is 0.105 e. The van der Waals surface area contributed by atoms with Crippen LogP contribution in [0.4, 0.5) is 0 Å². The molecule has 0 aromatic carbocycles. The van der Waals surface area contributed by atoms with Crippen molar-refractivity contribution in [2.24, 2.45) is 0 Å². The summed E-state index contributed by atoms with van der Waals surface area (Å²) in [5.41, 5.74) is 1.30. The summed E-state index contributed by atoms with van der Waals surface area (Å²) < 4.78 is 2.33. The zero-order chi connectivity index (χ0) is 11.1. The van der Waals surface area contributed by atoms with Crippen LogP contribution in [0.1, 0.15) is 44.1 Å². The average Bonchev–Trinajstić information content (AvgIpc) is 2.56. The molecule has 0 aliphatic rings. The second kappa shape index (κ2) is 6.62. The van der Waals surface area contributed by atoms with E-state index in [-0.39, 0.29) is 0 Å². The first-order chi connectivity index (χ1) is 7.29. The second-order valence-electron chi connectivity index (χ2n) is 4.04. The third kappa shape index (κ3) is 3.67. The number of hydrogen-bond donors (Lipinski definition) is 1. The molecular weight excluding hydrogens is 186 g/mol. The highest BCUT2D eigenvalue weighted by molar-refractivity contribution is 5.04. The summed E-state index contributed by atoms with van der Waals surface area (Å²) >= 11 is 0. The van der Waals surface area contributed by atoms with Crippen molar-refractivity contribution in [2.75, 3.05) is 7.05 Å². The summed E-state index contributed by atoms with van der Waals surface area (Å²) in [7, 11) is 1.98. The van der Waals surface area contributed by atoms with E-state index in [1.807, 2.05) is 13.2 Å². The van der Waals surface area contributed by atoms with Gasteiger partial charge in [-0.15, -0.1) is 0 Å². The number of rotatable bonds is 7. The highest BCUT2D eigenvalue weighted by Crippen LogP contribution is 2.08. The van der Waals surface area contributed by atoms with Gasteiger partial charge in [0.05, 0.1) is 5.69 Å². The molecule has 1 heterocycles. The lowest BCUT2D eigenvalue weighted by molar-refractivity contribution is 0.552. The van der Waals surface area contributed by atoms with E-state index >= 15 is 0 Å². The van der Waals surface area contributed by atoms with Crippen molar-refractivity contribution in [3.8, 4) is 0 Å². The van der Waals surface area contributed by atoms with Crippen LogP contribution >= 0.6 is 0 Å². The number of hydrogen-bond acceptors (Lipinski definition) is 2. The zero-order valence-electron chi connectivity index (χ0n) is 10.2. The SMILES string of the molecule is CCCCCCn1c(CNC)cnc1C. The van der Waals surface area contributed by atoms with Gasteiger partial charge < -0.3 is 9.88 Å². The molecule has 1 aromatic heterocycles. The molecule has 0 spiro atoms. The monoisotopic (exact) mass is 209 g/mol. The number of aryl methyl sites for hydroxylation is 1. The van der Waals surface area contributed by atoms with E-state index in [9.17, 15) is 0 Å². The summed E-state index contributed by atoms with van der Waals surface area (Å²) in [6.07, 6.45) is 7.21. The van der Waals surface area contributed by atoms with Gasteiger partial charge >= 0.3 is 0 Å². The molecule has 0 fully saturated rings. The Bertz CT molecular complexity index is 278. The van der Waals surface area contributed by atoms with Crippen LogP contribution in [0.15, 0.2) is 6.20 Å². The molecule has 3 nitrogen and oxygen atoms in total. The Balaban J connectivity index is 2.46. The lowest BCUT2D eigenvalue weighted by Gasteiger charge is -2.09. The molecule has 0 aliphatic carbocycles. The van der Waals surface area contributed by atoms with Crippen molar-refractivity contribution >= 4 is 0 Å². The average molecular weight is 209 g/mol. The topological polar surface area (TPSA) is 29.9 Å². The molecule has 15 heavy (non-hydrogen) atoms. The molecule has 0 radical (unpaired) electrons. The number of imidazole rings is 1. The largest absolute Gasteiger partial charge is 0.331 e. The van der Waals surface area contributed by atoms with E-state index in [2.05, 4.69) is 28.7 Å².